The number of piperazine rings is 1. The molecule has 2 aromatic rings. The molecule has 0 spiro atoms. The fraction of sp³-hybridized carbons (Fsp3) is 0.381. The van der Waals surface area contributed by atoms with Crippen molar-refractivity contribution in [3.63, 3.8) is 0 Å². The number of rotatable bonds is 5. The maximum Gasteiger partial charge on any atom is 0.232 e. The number of aryl methyl sites for hydroxylation is 1. The van der Waals surface area contributed by atoms with Crippen molar-refractivity contribution in [2.75, 3.05) is 39.3 Å². The predicted molar refractivity (Wildman–Crippen MR) is 102 cm³/mol. The van der Waals surface area contributed by atoms with Crippen molar-refractivity contribution < 1.29 is 34.0 Å². The highest BCUT2D eigenvalue weighted by Crippen LogP contribution is 2.41. The Balaban J connectivity index is 1.59. The molecule has 1 aromatic heterocycles. The van der Waals surface area contributed by atoms with Gasteiger partial charge in [-0.3, -0.25) is 4.79 Å². The van der Waals surface area contributed by atoms with Gasteiger partial charge in [-0.25, -0.2) is 0 Å². The van der Waals surface area contributed by atoms with Gasteiger partial charge >= 0.3 is 0 Å². The number of aromatic hydroxyl groups is 1. The van der Waals surface area contributed by atoms with Crippen LogP contribution in [0.2, 0.25) is 0 Å². The van der Waals surface area contributed by atoms with Gasteiger partial charge in [-0.05, 0) is 30.7 Å². The van der Waals surface area contributed by atoms with Gasteiger partial charge in [0, 0.05) is 6.08 Å². The lowest BCUT2D eigenvalue weighted by molar-refractivity contribution is -1.02. The summed E-state index contributed by atoms with van der Waals surface area (Å²) in [7, 11) is 0. The number of nitrogens with one attached hydrogen (secondary N) is 2. The SMILES string of the molecule is Cc1cc(O)c(C[NH+]2CC[NH+](CCO)CC2)c2c1C(=O)/C(=C/c1ccco1)O2. The fourth-order valence-corrected chi connectivity index (χ4v) is 4.05. The van der Waals surface area contributed by atoms with Crippen LogP contribution in [0.15, 0.2) is 34.6 Å². The first-order valence-electron chi connectivity index (χ1n) is 9.68. The standard InChI is InChI=1S/C21H24N2O5/c1-14-11-17(25)16(13-23-6-4-22(5-7-23)8-9-24)21-19(14)20(26)18(28-21)12-15-3-2-10-27-15/h2-3,10-12,24-25H,4-9,13H2,1H3/p+2/b18-12-. The summed E-state index contributed by atoms with van der Waals surface area (Å²) in [5.74, 6) is 1.22. The molecule has 1 aromatic carbocycles. The summed E-state index contributed by atoms with van der Waals surface area (Å²) in [4.78, 5) is 15.6. The highest BCUT2D eigenvalue weighted by atomic mass is 16.5. The number of phenolic OH excluding ortho intramolecular Hbond substituents is 1. The summed E-state index contributed by atoms with van der Waals surface area (Å²) in [6.07, 6.45) is 3.13. The summed E-state index contributed by atoms with van der Waals surface area (Å²) in [5, 5.41) is 19.7. The number of phenols is 1. The lowest BCUT2D eigenvalue weighted by Gasteiger charge is -2.29. The maximum absolute atomic E-state index is 12.9. The molecule has 0 aliphatic carbocycles. The highest BCUT2D eigenvalue weighted by molar-refractivity contribution is 6.15. The van der Waals surface area contributed by atoms with Gasteiger partial charge in [0.2, 0.25) is 5.78 Å². The third-order valence-corrected chi connectivity index (χ3v) is 5.59. The molecule has 0 atom stereocenters. The van der Waals surface area contributed by atoms with E-state index in [0.717, 1.165) is 32.7 Å². The van der Waals surface area contributed by atoms with Crippen molar-refractivity contribution in [2.45, 2.75) is 13.5 Å². The number of aliphatic hydroxyl groups is 1. The number of ether oxygens (including phenoxy) is 1. The molecule has 2 aliphatic heterocycles. The lowest BCUT2D eigenvalue weighted by Crippen LogP contribution is -3.27. The minimum absolute atomic E-state index is 0.168. The normalized spacial score (nSPS) is 23.1. The van der Waals surface area contributed by atoms with E-state index in [1.54, 1.807) is 30.5 Å². The van der Waals surface area contributed by atoms with E-state index in [2.05, 4.69) is 0 Å². The van der Waals surface area contributed by atoms with Crippen LogP contribution in [0.25, 0.3) is 6.08 Å². The molecule has 0 unspecified atom stereocenters. The third kappa shape index (κ3) is 3.56. The van der Waals surface area contributed by atoms with Crippen LogP contribution in [0.5, 0.6) is 11.5 Å². The van der Waals surface area contributed by atoms with Crippen molar-refractivity contribution in [1.82, 2.24) is 0 Å². The molecular formula is C21H26N2O5+2. The van der Waals surface area contributed by atoms with Crippen molar-refractivity contribution in [1.29, 1.82) is 0 Å². The summed E-state index contributed by atoms with van der Waals surface area (Å²) < 4.78 is 11.2. The molecule has 1 fully saturated rings. The van der Waals surface area contributed by atoms with Crippen LogP contribution in [0.3, 0.4) is 0 Å². The lowest BCUT2D eigenvalue weighted by atomic mass is 9.99. The van der Waals surface area contributed by atoms with Crippen LogP contribution in [0.1, 0.15) is 27.2 Å². The molecule has 1 saturated heterocycles. The molecule has 3 heterocycles. The van der Waals surface area contributed by atoms with Crippen molar-refractivity contribution >= 4 is 11.9 Å². The number of aliphatic hydroxyl groups excluding tert-OH is 1. The first kappa shape index (κ1) is 18.7. The van der Waals surface area contributed by atoms with Gasteiger partial charge in [0.15, 0.2) is 11.5 Å². The van der Waals surface area contributed by atoms with Gasteiger partial charge in [-0.15, -0.1) is 0 Å². The number of carbonyl (C=O) groups excluding carboxylic acids is 1. The molecule has 4 N–H and O–H groups in total. The molecule has 0 radical (unpaired) electrons. The smallest absolute Gasteiger partial charge is 0.232 e. The van der Waals surface area contributed by atoms with Crippen LogP contribution in [0, 0.1) is 6.92 Å². The van der Waals surface area contributed by atoms with Gasteiger partial charge in [0.05, 0.1) is 24.0 Å². The van der Waals surface area contributed by atoms with E-state index in [4.69, 9.17) is 14.3 Å². The largest absolute Gasteiger partial charge is 0.507 e. The quantitative estimate of drug-likeness (QED) is 0.505. The van der Waals surface area contributed by atoms with Crippen LogP contribution >= 0.6 is 0 Å². The van der Waals surface area contributed by atoms with Crippen LogP contribution in [-0.2, 0) is 6.54 Å². The van der Waals surface area contributed by atoms with E-state index < -0.39 is 0 Å². The average Bonchev–Trinajstić information content (AvgIpc) is 3.29. The Morgan fingerprint density at radius 3 is 2.64 bits per heavy atom. The number of hydrogen-bond acceptors (Lipinski definition) is 5. The highest BCUT2D eigenvalue weighted by Gasteiger charge is 2.35. The fourth-order valence-electron chi connectivity index (χ4n) is 4.05. The molecule has 2 aliphatic rings. The van der Waals surface area contributed by atoms with Gasteiger partial charge in [-0.1, -0.05) is 0 Å². The minimum atomic E-state index is -0.183. The van der Waals surface area contributed by atoms with Gasteiger partial charge < -0.3 is 29.2 Å². The van der Waals surface area contributed by atoms with Crippen molar-refractivity contribution in [3.8, 4) is 11.5 Å². The third-order valence-electron chi connectivity index (χ3n) is 5.59. The molecule has 7 heteroatoms. The average molecular weight is 386 g/mol. The Kier molecular flexibility index (Phi) is 5.21. The predicted octanol–water partition coefficient (Wildman–Crippen LogP) is -0.814. The van der Waals surface area contributed by atoms with E-state index in [0.29, 0.717) is 34.7 Å². The molecule has 148 valence electrons. The zero-order valence-corrected chi connectivity index (χ0v) is 16.0. The Morgan fingerprint density at radius 2 is 1.96 bits per heavy atom. The van der Waals surface area contributed by atoms with Crippen molar-refractivity contribution in [3.05, 3.63) is 52.7 Å². The molecule has 0 saturated carbocycles. The molecule has 0 amide bonds. The number of furan rings is 1. The Labute approximate surface area is 163 Å². The van der Waals surface area contributed by atoms with E-state index in [-0.39, 0.29) is 23.9 Å². The summed E-state index contributed by atoms with van der Waals surface area (Å²) >= 11 is 0. The van der Waals surface area contributed by atoms with Crippen LogP contribution in [-0.4, -0.2) is 55.3 Å². The van der Waals surface area contributed by atoms with Crippen molar-refractivity contribution in [2.24, 2.45) is 0 Å². The van der Waals surface area contributed by atoms with Crippen LogP contribution < -0.4 is 14.5 Å². The van der Waals surface area contributed by atoms with E-state index in [1.807, 2.05) is 6.92 Å². The second-order valence-electron chi connectivity index (χ2n) is 7.50. The van der Waals surface area contributed by atoms with E-state index >= 15 is 0 Å². The van der Waals surface area contributed by atoms with Gasteiger partial charge in [-0.2, -0.15) is 0 Å². The molecule has 4 rings (SSSR count). The Hall–Kier alpha value is -2.61. The number of fused-ring (bicyclic) bond motifs is 1. The second kappa shape index (κ2) is 7.79. The van der Waals surface area contributed by atoms with Crippen LogP contribution in [0.4, 0.5) is 0 Å². The number of carbonyl (C=O) groups is 1. The molecule has 7 nitrogen and oxygen atoms in total. The van der Waals surface area contributed by atoms with Gasteiger partial charge in [0.1, 0.15) is 50.8 Å². The Morgan fingerprint density at radius 1 is 1.21 bits per heavy atom. The number of Topliss-reactive ketones (excluding diaryl/α,β-unsaturated/α-hetero) is 1. The van der Waals surface area contributed by atoms with Gasteiger partial charge in [0.25, 0.3) is 0 Å². The number of benzene rings is 1. The summed E-state index contributed by atoms with van der Waals surface area (Å²) in [5.41, 5.74) is 1.91. The second-order valence-corrected chi connectivity index (χ2v) is 7.50. The number of ketones is 1. The number of allylic oxidation sites excluding steroid dienone is 1. The number of hydrogen-bond donors (Lipinski definition) is 4. The van der Waals surface area contributed by atoms with E-state index in [1.165, 1.54) is 9.80 Å². The molecule has 28 heavy (non-hydrogen) atoms. The first-order valence-corrected chi connectivity index (χ1v) is 9.68. The summed E-state index contributed by atoms with van der Waals surface area (Å²) in [6, 6.07) is 5.16. The molecular weight excluding hydrogens is 360 g/mol. The maximum atomic E-state index is 12.9. The zero-order valence-electron chi connectivity index (χ0n) is 16.0. The monoisotopic (exact) mass is 386 g/mol. The first-order chi connectivity index (χ1) is 13.6. The Bertz CT molecular complexity index is 896. The van der Waals surface area contributed by atoms with E-state index in [9.17, 15) is 9.90 Å². The molecule has 0 bridgehead atoms. The number of quaternary nitrogens is 2. The topological polar surface area (TPSA) is 88.8 Å². The zero-order chi connectivity index (χ0) is 19.7. The minimum Gasteiger partial charge on any atom is -0.507 e. The summed E-state index contributed by atoms with van der Waals surface area (Å²) in [6.45, 7) is 7.24.